The van der Waals surface area contributed by atoms with Crippen molar-refractivity contribution in [1.29, 1.82) is 5.41 Å². The molecule has 3 heterocycles. The number of phenolic OH excluding ortho intramolecular Hbond substituents is 1. The summed E-state index contributed by atoms with van der Waals surface area (Å²) >= 11 is 0. The van der Waals surface area contributed by atoms with E-state index in [4.69, 9.17) is 24.4 Å². The van der Waals surface area contributed by atoms with E-state index in [1.807, 2.05) is 0 Å². The molecule has 14 nitrogen and oxygen atoms in total. The third-order valence-electron chi connectivity index (χ3n) is 10.1. The van der Waals surface area contributed by atoms with Gasteiger partial charge in [-0.3, -0.25) is 29.4 Å². The number of benzene rings is 1. The van der Waals surface area contributed by atoms with E-state index in [1.54, 1.807) is 33.8 Å². The number of hydrogen-bond donors (Lipinski definition) is 5. The summed E-state index contributed by atoms with van der Waals surface area (Å²) in [6, 6.07) is -1.75. The van der Waals surface area contributed by atoms with Crippen LogP contribution in [0.25, 0.3) is 0 Å². The highest BCUT2D eigenvalue weighted by molar-refractivity contribution is 6.56. The van der Waals surface area contributed by atoms with E-state index < -0.39 is 112 Å². The Morgan fingerprint density at radius 3 is 2.22 bits per heavy atom. The van der Waals surface area contributed by atoms with Gasteiger partial charge in [-0.1, -0.05) is 45.9 Å². The summed E-state index contributed by atoms with van der Waals surface area (Å²) in [5.41, 5.74) is -2.16. The highest BCUT2D eigenvalue weighted by Crippen LogP contribution is 2.47. The zero-order valence-electron chi connectivity index (χ0n) is 30.1. The third-order valence-corrected chi connectivity index (χ3v) is 10.1. The molecule has 0 radical (unpaired) electrons. The van der Waals surface area contributed by atoms with E-state index >= 15 is 0 Å². The number of carbonyl (C=O) groups is 5. The normalized spacial score (nSPS) is 33.4. The van der Waals surface area contributed by atoms with Gasteiger partial charge in [-0.2, -0.15) is 0 Å². The number of esters is 1. The second-order valence-electron chi connectivity index (χ2n) is 13.7. The van der Waals surface area contributed by atoms with E-state index in [9.17, 15) is 39.3 Å². The van der Waals surface area contributed by atoms with E-state index in [-0.39, 0.29) is 22.4 Å². The zero-order valence-corrected chi connectivity index (χ0v) is 30.1. The van der Waals surface area contributed by atoms with Crippen LogP contribution >= 0.6 is 0 Å². The maximum Gasteiger partial charge on any atom is 0.312 e. The molecule has 4 aliphatic rings. The molecule has 1 amide bonds. The Morgan fingerprint density at radius 2 is 1.61 bits per heavy atom. The highest BCUT2D eigenvalue weighted by Gasteiger charge is 2.53. The van der Waals surface area contributed by atoms with Gasteiger partial charge in [-0.05, 0) is 19.9 Å². The van der Waals surface area contributed by atoms with Gasteiger partial charge in [0.1, 0.15) is 29.4 Å². The average Bonchev–Trinajstić information content (AvgIpc) is 3.35. The number of nitrogens with one attached hydrogen (secondary N) is 2. The lowest BCUT2D eigenvalue weighted by Crippen LogP contribution is -2.52. The summed E-state index contributed by atoms with van der Waals surface area (Å²) < 4.78 is 23.0. The summed E-state index contributed by atoms with van der Waals surface area (Å²) in [5.74, 6) is -9.75. The molecule has 10 atom stereocenters. The lowest BCUT2D eigenvalue weighted by molar-refractivity contribution is -0.160. The van der Waals surface area contributed by atoms with Crippen LogP contribution in [0.5, 0.6) is 11.5 Å². The number of phenols is 1. The number of aromatic hydroxyl groups is 1. The van der Waals surface area contributed by atoms with E-state index in [1.165, 1.54) is 53.0 Å². The number of rotatable bonds is 2. The molecule has 0 saturated carbocycles. The molecule has 5 bridgehead atoms. The molecular formula is C37H46N2O12. The van der Waals surface area contributed by atoms with Gasteiger partial charge in [-0.15, -0.1) is 0 Å². The number of hydrogen-bond acceptors (Lipinski definition) is 13. The number of carbonyl (C=O) groups excluding carboxylic acids is 5. The van der Waals surface area contributed by atoms with Crippen molar-refractivity contribution < 1.29 is 58.2 Å². The van der Waals surface area contributed by atoms with Crippen molar-refractivity contribution in [3.8, 4) is 11.5 Å². The van der Waals surface area contributed by atoms with Crippen molar-refractivity contribution in [2.75, 3.05) is 7.11 Å². The Balaban J connectivity index is 1.85. The van der Waals surface area contributed by atoms with Gasteiger partial charge >= 0.3 is 11.8 Å². The fraction of sp³-hybridized carbons (Fsp3) is 0.514. The third kappa shape index (κ3) is 7.12. The van der Waals surface area contributed by atoms with Crippen molar-refractivity contribution in [1.82, 2.24) is 5.32 Å². The maximum absolute atomic E-state index is 13.9. The topological polar surface area (TPSA) is 219 Å². The van der Waals surface area contributed by atoms with Crippen LogP contribution < -0.4 is 10.1 Å². The lowest BCUT2D eigenvalue weighted by Gasteiger charge is -2.38. The Morgan fingerprint density at radius 1 is 0.961 bits per heavy atom. The second kappa shape index (κ2) is 14.9. The first-order valence-corrected chi connectivity index (χ1v) is 16.7. The fourth-order valence-corrected chi connectivity index (χ4v) is 6.83. The number of ether oxygens (including phenoxy) is 4. The van der Waals surface area contributed by atoms with Crippen LogP contribution in [-0.4, -0.2) is 93.6 Å². The van der Waals surface area contributed by atoms with Crippen LogP contribution in [-0.2, 0) is 23.8 Å². The van der Waals surface area contributed by atoms with Crippen LogP contribution in [0, 0.1) is 36.0 Å². The Labute approximate surface area is 296 Å². The predicted octanol–water partition coefficient (Wildman–Crippen LogP) is 3.13. The van der Waals surface area contributed by atoms with Crippen molar-refractivity contribution in [3.05, 3.63) is 58.4 Å². The molecule has 51 heavy (non-hydrogen) atoms. The first kappa shape index (κ1) is 39.1. The number of amides is 1. The predicted molar refractivity (Wildman–Crippen MR) is 183 cm³/mol. The lowest BCUT2D eigenvalue weighted by atomic mass is 9.78. The molecule has 1 aromatic rings. The molecule has 0 saturated heterocycles. The van der Waals surface area contributed by atoms with Crippen molar-refractivity contribution >= 4 is 34.9 Å². The highest BCUT2D eigenvalue weighted by atomic mass is 16.7. The van der Waals surface area contributed by atoms with Crippen LogP contribution in [0.15, 0.2) is 36.1 Å². The van der Waals surface area contributed by atoms with E-state index in [0.717, 1.165) is 6.26 Å². The van der Waals surface area contributed by atoms with Gasteiger partial charge in [0.15, 0.2) is 5.78 Å². The Hall–Kier alpha value is -4.66. The largest absolute Gasteiger partial charge is 0.507 e. The van der Waals surface area contributed by atoms with Gasteiger partial charge in [0.25, 0.3) is 5.78 Å². The fourth-order valence-electron chi connectivity index (χ4n) is 6.83. The second-order valence-corrected chi connectivity index (χ2v) is 13.7. The molecule has 0 fully saturated rings. The number of Topliss-reactive ketones (excluding diaryl/α,β-unsaturated/α-hetero) is 3. The van der Waals surface area contributed by atoms with Gasteiger partial charge in [0, 0.05) is 55.8 Å². The van der Waals surface area contributed by atoms with Gasteiger partial charge < -0.3 is 39.6 Å². The summed E-state index contributed by atoms with van der Waals surface area (Å²) in [6.07, 6.45) is 3.20. The van der Waals surface area contributed by atoms with Crippen LogP contribution in [0.4, 0.5) is 0 Å². The van der Waals surface area contributed by atoms with Crippen LogP contribution in [0.2, 0.25) is 0 Å². The zero-order chi connectivity index (χ0) is 38.3. The molecular weight excluding hydrogens is 664 g/mol. The first-order valence-electron chi connectivity index (χ1n) is 16.7. The summed E-state index contributed by atoms with van der Waals surface area (Å²) in [6.45, 7) is 12.1. The quantitative estimate of drug-likeness (QED) is 0.280. The SMILES string of the molecule is COC1C=COC2(C)Oc3c(C)c(O)c4c(c3C2=O)C(=O)C(=N)C(NC(=O)C(C)=CC=CC(C)C(O)C(C)C(O)C(C)C(OC(C)=O)C1C)C4=O. The minimum absolute atomic E-state index is 0.0366. The molecule has 3 aliphatic heterocycles. The van der Waals surface area contributed by atoms with Gasteiger partial charge in [0.05, 0.1) is 41.3 Å². The van der Waals surface area contributed by atoms with Gasteiger partial charge in [-0.25, -0.2) is 0 Å². The number of aliphatic hydroxyl groups is 2. The number of ketones is 3. The number of methoxy groups -OCH3 is 1. The van der Waals surface area contributed by atoms with Gasteiger partial charge in [0.2, 0.25) is 11.7 Å². The number of aliphatic hydroxyl groups excluding tert-OH is 2. The van der Waals surface area contributed by atoms with Crippen molar-refractivity contribution in [2.24, 2.45) is 23.7 Å². The molecule has 0 spiro atoms. The molecule has 5 rings (SSSR count). The molecule has 14 heteroatoms. The number of allylic oxidation sites excluding steroid dienone is 2. The van der Waals surface area contributed by atoms with E-state index in [2.05, 4.69) is 5.32 Å². The first-order chi connectivity index (χ1) is 23.8. The van der Waals surface area contributed by atoms with Crippen LogP contribution in [0.1, 0.15) is 85.1 Å². The monoisotopic (exact) mass is 710 g/mol. The molecule has 0 aromatic heterocycles. The Bertz CT molecular complexity index is 1740. The number of fused-ring (bicyclic) bond motifs is 14. The van der Waals surface area contributed by atoms with E-state index in [0.29, 0.717) is 0 Å². The van der Waals surface area contributed by atoms with Crippen molar-refractivity contribution in [3.63, 3.8) is 0 Å². The summed E-state index contributed by atoms with van der Waals surface area (Å²) in [7, 11) is 1.41. The molecule has 1 aliphatic carbocycles. The average molecular weight is 711 g/mol. The molecule has 276 valence electrons. The summed E-state index contributed by atoms with van der Waals surface area (Å²) in [5, 5.41) is 44.6. The minimum atomic E-state index is -2.09. The molecule has 5 N–H and O–H groups in total. The minimum Gasteiger partial charge on any atom is -0.507 e. The molecule has 10 unspecified atom stereocenters. The standard InChI is InChI=1S/C37H46N2O12/c1-15-11-10-12-16(2)36(47)39-27-26(38)31(44)23-24(32(27)45)30(43)20(6)34-25(23)35(46)37(8,51-34)49-14-13-22(48-9)17(3)33(50-21(7)40)19(5)29(42)18(4)28(15)41/h10-15,17-19,22,27-29,33,38,41-43H,1-9H3,(H,39,47). The summed E-state index contributed by atoms with van der Waals surface area (Å²) in [4.78, 5) is 66.7. The van der Waals surface area contributed by atoms with Crippen LogP contribution in [0.3, 0.4) is 0 Å². The molecule has 1 aromatic carbocycles. The smallest absolute Gasteiger partial charge is 0.312 e. The Kier molecular flexibility index (Phi) is 11.4. The maximum atomic E-state index is 13.9. The van der Waals surface area contributed by atoms with Crippen molar-refractivity contribution in [2.45, 2.75) is 91.6 Å².